The van der Waals surface area contributed by atoms with Crippen molar-refractivity contribution >= 4 is 5.91 Å². The Morgan fingerprint density at radius 2 is 1.87 bits per heavy atom. The topological polar surface area (TPSA) is 52.6 Å². The first-order valence-electron chi connectivity index (χ1n) is 8.87. The van der Waals surface area contributed by atoms with Gasteiger partial charge in [0.1, 0.15) is 0 Å². The Hall–Kier alpha value is -1.39. The Labute approximate surface area is 137 Å². The van der Waals surface area contributed by atoms with Crippen molar-refractivity contribution < 1.29 is 9.90 Å². The Morgan fingerprint density at radius 1 is 1.17 bits per heavy atom. The number of amides is 1. The smallest absolute Gasteiger partial charge is 0.233 e. The summed E-state index contributed by atoms with van der Waals surface area (Å²) in [6.07, 6.45) is 4.07. The van der Waals surface area contributed by atoms with E-state index in [9.17, 15) is 9.90 Å². The summed E-state index contributed by atoms with van der Waals surface area (Å²) in [7, 11) is 0. The molecule has 1 atom stereocenters. The maximum Gasteiger partial charge on any atom is 0.233 e. The molecule has 0 aromatic heterocycles. The fraction of sp³-hybridized carbons (Fsp3) is 0.632. The average molecular weight is 314 g/mol. The summed E-state index contributed by atoms with van der Waals surface area (Å²) in [6, 6.07) is 10.2. The SMILES string of the molecule is O=C(N1CC(CO)C2(CCNCC2)C1)C1(c2ccccc2)CC1. The number of hydrogen-bond donors (Lipinski definition) is 2. The highest BCUT2D eigenvalue weighted by Gasteiger charge is 2.56. The van der Waals surface area contributed by atoms with E-state index in [1.807, 2.05) is 18.2 Å². The number of nitrogens with one attached hydrogen (secondary N) is 1. The molecule has 1 aliphatic carbocycles. The van der Waals surface area contributed by atoms with Crippen LogP contribution in [0.2, 0.25) is 0 Å². The molecule has 2 N–H and O–H groups in total. The summed E-state index contributed by atoms with van der Waals surface area (Å²) in [5.74, 6) is 0.526. The second-order valence-corrected chi connectivity index (χ2v) is 7.63. The highest BCUT2D eigenvalue weighted by molar-refractivity contribution is 5.91. The molecule has 124 valence electrons. The Balaban J connectivity index is 1.56. The summed E-state index contributed by atoms with van der Waals surface area (Å²) in [6.45, 7) is 3.75. The van der Waals surface area contributed by atoms with Crippen molar-refractivity contribution in [2.45, 2.75) is 31.1 Å². The van der Waals surface area contributed by atoms with E-state index in [0.717, 1.165) is 57.4 Å². The molecule has 2 heterocycles. The lowest BCUT2D eigenvalue weighted by Crippen LogP contribution is -2.44. The molecule has 2 saturated heterocycles. The molecule has 3 aliphatic rings. The molecule has 0 radical (unpaired) electrons. The van der Waals surface area contributed by atoms with Gasteiger partial charge in [-0.2, -0.15) is 0 Å². The van der Waals surface area contributed by atoms with Gasteiger partial charge in [-0.15, -0.1) is 0 Å². The number of rotatable bonds is 3. The maximum absolute atomic E-state index is 13.2. The number of nitrogens with zero attached hydrogens (tertiary/aromatic N) is 1. The maximum atomic E-state index is 13.2. The second-order valence-electron chi connectivity index (χ2n) is 7.63. The molecule has 4 rings (SSSR count). The van der Waals surface area contributed by atoms with E-state index in [4.69, 9.17) is 0 Å². The van der Waals surface area contributed by atoms with Crippen molar-refractivity contribution in [3.05, 3.63) is 35.9 Å². The van der Waals surface area contributed by atoms with E-state index in [0.29, 0.717) is 0 Å². The third-order valence-electron chi connectivity index (χ3n) is 6.41. The molecular weight excluding hydrogens is 288 g/mol. The summed E-state index contributed by atoms with van der Waals surface area (Å²) in [4.78, 5) is 15.3. The Bertz CT molecular complexity index is 576. The standard InChI is InChI=1S/C19H26N2O2/c22-13-16-12-21(14-18(16)8-10-20-11-9-18)17(23)19(6-7-19)15-4-2-1-3-5-15/h1-5,16,20,22H,6-14H2. The van der Waals surface area contributed by atoms with Gasteiger partial charge in [-0.25, -0.2) is 0 Å². The van der Waals surface area contributed by atoms with Crippen molar-refractivity contribution in [3.63, 3.8) is 0 Å². The minimum absolute atomic E-state index is 0.127. The number of piperidine rings is 1. The van der Waals surface area contributed by atoms with E-state index in [1.54, 1.807) is 0 Å². The Morgan fingerprint density at radius 3 is 2.48 bits per heavy atom. The number of hydrogen-bond acceptors (Lipinski definition) is 3. The van der Waals surface area contributed by atoms with Crippen LogP contribution in [0.4, 0.5) is 0 Å². The first-order valence-corrected chi connectivity index (χ1v) is 8.87. The first-order chi connectivity index (χ1) is 11.2. The van der Waals surface area contributed by atoms with Crippen molar-refractivity contribution in [2.75, 3.05) is 32.8 Å². The van der Waals surface area contributed by atoms with E-state index >= 15 is 0 Å². The lowest BCUT2D eigenvalue weighted by atomic mass is 9.71. The molecular formula is C19H26N2O2. The number of benzene rings is 1. The molecule has 1 aromatic carbocycles. The number of aliphatic hydroxyl groups is 1. The molecule has 1 amide bonds. The van der Waals surface area contributed by atoms with Crippen LogP contribution in [-0.4, -0.2) is 48.7 Å². The molecule has 2 aliphatic heterocycles. The number of likely N-dealkylation sites (tertiary alicyclic amines) is 1. The predicted molar refractivity (Wildman–Crippen MR) is 89.0 cm³/mol. The molecule has 1 aromatic rings. The summed E-state index contributed by atoms with van der Waals surface area (Å²) < 4.78 is 0. The van der Waals surface area contributed by atoms with Gasteiger partial charge in [-0.1, -0.05) is 30.3 Å². The van der Waals surface area contributed by atoms with Crippen molar-refractivity contribution in [1.82, 2.24) is 10.2 Å². The van der Waals surface area contributed by atoms with Crippen LogP contribution in [0.1, 0.15) is 31.2 Å². The monoisotopic (exact) mass is 314 g/mol. The van der Waals surface area contributed by atoms with E-state index in [-0.39, 0.29) is 29.3 Å². The van der Waals surface area contributed by atoms with Crippen LogP contribution < -0.4 is 5.32 Å². The van der Waals surface area contributed by atoms with E-state index < -0.39 is 0 Å². The number of carbonyl (C=O) groups is 1. The molecule has 1 saturated carbocycles. The quantitative estimate of drug-likeness (QED) is 0.890. The fourth-order valence-corrected chi connectivity index (χ4v) is 4.74. The van der Waals surface area contributed by atoms with Gasteiger partial charge in [0.25, 0.3) is 0 Å². The number of aliphatic hydroxyl groups excluding tert-OH is 1. The minimum atomic E-state index is -0.278. The van der Waals surface area contributed by atoms with Gasteiger partial charge in [-0.05, 0) is 49.8 Å². The van der Waals surface area contributed by atoms with Gasteiger partial charge in [0.05, 0.1) is 5.41 Å². The number of carbonyl (C=O) groups excluding carboxylic acids is 1. The molecule has 3 fully saturated rings. The zero-order valence-corrected chi connectivity index (χ0v) is 13.6. The molecule has 4 nitrogen and oxygen atoms in total. The third kappa shape index (κ3) is 2.39. The zero-order chi connectivity index (χ0) is 15.9. The van der Waals surface area contributed by atoms with Gasteiger partial charge in [-0.3, -0.25) is 4.79 Å². The average Bonchev–Trinajstić information content (AvgIpc) is 3.34. The fourth-order valence-electron chi connectivity index (χ4n) is 4.74. The van der Waals surface area contributed by atoms with E-state index in [2.05, 4.69) is 22.3 Å². The van der Waals surface area contributed by atoms with Gasteiger partial charge in [0.2, 0.25) is 5.91 Å². The van der Waals surface area contributed by atoms with Crippen molar-refractivity contribution in [1.29, 1.82) is 0 Å². The van der Waals surface area contributed by atoms with Gasteiger partial charge in [0, 0.05) is 25.6 Å². The lowest BCUT2D eigenvalue weighted by molar-refractivity contribution is -0.133. The van der Waals surface area contributed by atoms with Crippen LogP contribution in [0.5, 0.6) is 0 Å². The highest BCUT2D eigenvalue weighted by Crippen LogP contribution is 2.52. The van der Waals surface area contributed by atoms with Gasteiger partial charge in [0.15, 0.2) is 0 Å². The van der Waals surface area contributed by atoms with Gasteiger partial charge >= 0.3 is 0 Å². The van der Waals surface area contributed by atoms with Crippen molar-refractivity contribution in [2.24, 2.45) is 11.3 Å². The largest absolute Gasteiger partial charge is 0.396 e. The molecule has 0 bridgehead atoms. The van der Waals surface area contributed by atoms with E-state index in [1.165, 1.54) is 0 Å². The van der Waals surface area contributed by atoms with Crippen LogP contribution in [-0.2, 0) is 10.2 Å². The third-order valence-corrected chi connectivity index (χ3v) is 6.41. The first kappa shape index (κ1) is 15.2. The Kier molecular flexibility index (Phi) is 3.69. The zero-order valence-electron chi connectivity index (χ0n) is 13.6. The van der Waals surface area contributed by atoms with Crippen molar-refractivity contribution in [3.8, 4) is 0 Å². The molecule has 4 heteroatoms. The van der Waals surface area contributed by atoms with Crippen LogP contribution in [0.25, 0.3) is 0 Å². The van der Waals surface area contributed by atoms with Gasteiger partial charge < -0.3 is 15.3 Å². The summed E-state index contributed by atoms with van der Waals surface area (Å²) in [5, 5.41) is 13.3. The van der Waals surface area contributed by atoms with Crippen LogP contribution in [0.3, 0.4) is 0 Å². The van der Waals surface area contributed by atoms with Crippen LogP contribution in [0.15, 0.2) is 30.3 Å². The molecule has 1 spiro atoms. The lowest BCUT2D eigenvalue weighted by Gasteiger charge is -2.37. The molecule has 23 heavy (non-hydrogen) atoms. The van der Waals surface area contributed by atoms with Crippen LogP contribution >= 0.6 is 0 Å². The highest BCUT2D eigenvalue weighted by atomic mass is 16.3. The summed E-state index contributed by atoms with van der Waals surface area (Å²) >= 11 is 0. The normalized spacial score (nSPS) is 28.0. The second kappa shape index (κ2) is 5.60. The predicted octanol–water partition coefficient (Wildman–Crippen LogP) is 1.54. The molecule has 1 unspecified atom stereocenters. The minimum Gasteiger partial charge on any atom is -0.396 e. The summed E-state index contributed by atoms with van der Waals surface area (Å²) in [5.41, 5.74) is 1.01. The van der Waals surface area contributed by atoms with Crippen LogP contribution in [0, 0.1) is 11.3 Å².